The Kier molecular flexibility index (Phi) is 4.23. The molecule has 0 fully saturated rings. The summed E-state index contributed by atoms with van der Waals surface area (Å²) in [4.78, 5) is 0. The largest absolute Gasteiger partial charge is 0.383 e. The molecule has 3 heteroatoms. The number of fused-ring (bicyclic) bond motifs is 3. The molecule has 0 saturated carbocycles. The molecule has 0 atom stereocenters. The summed E-state index contributed by atoms with van der Waals surface area (Å²) in [6, 6.07) is 6.96. The maximum absolute atomic E-state index is 5.09. The summed E-state index contributed by atoms with van der Waals surface area (Å²) < 4.78 is 5.09. The molecule has 0 amide bonds. The number of methoxy groups -OCH3 is 1. The Morgan fingerprint density at radius 1 is 1.17 bits per heavy atom. The van der Waals surface area contributed by atoms with Crippen LogP contribution < -0.4 is 10.6 Å². The molecule has 0 unspecified atom stereocenters. The van der Waals surface area contributed by atoms with E-state index in [4.69, 9.17) is 4.74 Å². The molecule has 2 aliphatic carbocycles. The molecule has 2 N–H and O–H groups in total. The molecule has 0 radical (unpaired) electrons. The Morgan fingerprint density at radius 2 is 2.09 bits per heavy atom. The lowest BCUT2D eigenvalue weighted by Crippen LogP contribution is -2.24. The average molecular weight is 310 g/mol. The van der Waals surface area contributed by atoms with Crippen molar-refractivity contribution in [3.8, 4) is 0 Å². The van der Waals surface area contributed by atoms with Crippen LogP contribution >= 0.6 is 0 Å². The molecule has 0 spiro atoms. The molecule has 23 heavy (non-hydrogen) atoms. The number of hydrogen-bond acceptors (Lipinski definition) is 3. The third kappa shape index (κ3) is 2.84. The summed E-state index contributed by atoms with van der Waals surface area (Å²) in [5, 5.41) is 7.14. The number of nitrogens with one attached hydrogen (secondary N) is 2. The monoisotopic (exact) mass is 310 g/mol. The number of allylic oxidation sites excluding steroid dienone is 2. The van der Waals surface area contributed by atoms with E-state index in [0.717, 1.165) is 32.7 Å². The fraction of sp³-hybridized carbons (Fsp3) is 0.500. The van der Waals surface area contributed by atoms with Crippen LogP contribution in [0.2, 0.25) is 0 Å². The summed E-state index contributed by atoms with van der Waals surface area (Å²) in [6.07, 6.45) is 6.43. The van der Waals surface area contributed by atoms with Crippen LogP contribution in [0.15, 0.2) is 34.9 Å². The molecule has 3 nitrogen and oxygen atoms in total. The molecule has 4 rings (SSSR count). The summed E-state index contributed by atoms with van der Waals surface area (Å²) >= 11 is 0. The predicted octanol–water partition coefficient (Wildman–Crippen LogP) is 3.16. The molecule has 122 valence electrons. The molecule has 1 aliphatic heterocycles. The van der Waals surface area contributed by atoms with Gasteiger partial charge in [-0.1, -0.05) is 18.2 Å². The zero-order valence-electron chi connectivity index (χ0n) is 14.0. The summed E-state index contributed by atoms with van der Waals surface area (Å²) in [5.74, 6) is 0. The lowest BCUT2D eigenvalue weighted by Gasteiger charge is -2.28. The van der Waals surface area contributed by atoms with E-state index >= 15 is 0 Å². The van der Waals surface area contributed by atoms with Gasteiger partial charge >= 0.3 is 0 Å². The fourth-order valence-electron chi connectivity index (χ4n) is 4.18. The van der Waals surface area contributed by atoms with Gasteiger partial charge in [-0.05, 0) is 53.5 Å². The molecule has 1 aromatic rings. The SMILES string of the molecule is COCCNCc1ccc2c(c1)CC1=C2NCC2=C1CCCC2. The number of benzene rings is 1. The molecule has 1 heterocycles. The number of rotatable bonds is 5. The van der Waals surface area contributed by atoms with Crippen molar-refractivity contribution in [3.63, 3.8) is 0 Å². The van der Waals surface area contributed by atoms with Gasteiger partial charge in [0.1, 0.15) is 0 Å². The maximum Gasteiger partial charge on any atom is 0.0587 e. The van der Waals surface area contributed by atoms with E-state index in [9.17, 15) is 0 Å². The third-order valence-electron chi connectivity index (χ3n) is 5.35. The summed E-state index contributed by atoms with van der Waals surface area (Å²) in [5.41, 5.74) is 10.7. The molecule has 1 aromatic carbocycles. The van der Waals surface area contributed by atoms with Crippen LogP contribution in [0.1, 0.15) is 42.4 Å². The zero-order chi connectivity index (χ0) is 15.6. The highest BCUT2D eigenvalue weighted by Crippen LogP contribution is 2.42. The lowest BCUT2D eigenvalue weighted by molar-refractivity contribution is 0.199. The van der Waals surface area contributed by atoms with E-state index in [-0.39, 0.29) is 0 Å². The van der Waals surface area contributed by atoms with E-state index in [1.807, 2.05) is 0 Å². The first-order valence-corrected chi connectivity index (χ1v) is 8.87. The molecule has 3 aliphatic rings. The minimum absolute atomic E-state index is 0.766. The van der Waals surface area contributed by atoms with Crippen LogP contribution in [0.3, 0.4) is 0 Å². The molecular formula is C20H26N2O. The first kappa shape index (κ1) is 15.0. The quantitative estimate of drug-likeness (QED) is 0.820. The van der Waals surface area contributed by atoms with Crippen molar-refractivity contribution in [2.45, 2.75) is 38.6 Å². The number of hydrogen-bond donors (Lipinski definition) is 2. The van der Waals surface area contributed by atoms with Crippen LogP contribution in [0, 0.1) is 0 Å². The number of ether oxygens (including phenoxy) is 1. The first-order valence-electron chi connectivity index (χ1n) is 8.87. The highest BCUT2D eigenvalue weighted by molar-refractivity contribution is 5.80. The van der Waals surface area contributed by atoms with E-state index in [2.05, 4.69) is 28.8 Å². The normalized spacial score (nSPS) is 19.3. The van der Waals surface area contributed by atoms with Gasteiger partial charge in [0.05, 0.1) is 6.61 Å². The van der Waals surface area contributed by atoms with Gasteiger partial charge in [0.2, 0.25) is 0 Å². The van der Waals surface area contributed by atoms with Crippen molar-refractivity contribution < 1.29 is 4.74 Å². The van der Waals surface area contributed by atoms with Gasteiger partial charge in [-0.15, -0.1) is 0 Å². The van der Waals surface area contributed by atoms with E-state index in [1.165, 1.54) is 48.1 Å². The molecule has 0 saturated heterocycles. The van der Waals surface area contributed by atoms with Gasteiger partial charge in [0, 0.05) is 44.4 Å². The fourth-order valence-corrected chi connectivity index (χ4v) is 4.18. The average Bonchev–Trinajstić information content (AvgIpc) is 2.97. The van der Waals surface area contributed by atoms with Crippen molar-refractivity contribution in [2.75, 3.05) is 26.8 Å². The standard InChI is InChI=1S/C20H26N2O/c1-23-9-8-21-12-14-6-7-18-16(10-14)11-19-17-5-3-2-4-15(17)13-22-20(18)19/h6-7,10,21-22H,2-5,8-9,11-13H2,1H3. The topological polar surface area (TPSA) is 33.3 Å². The Balaban J connectivity index is 1.52. The minimum Gasteiger partial charge on any atom is -0.383 e. The Morgan fingerprint density at radius 3 is 3.00 bits per heavy atom. The van der Waals surface area contributed by atoms with Crippen molar-refractivity contribution in [2.24, 2.45) is 0 Å². The lowest BCUT2D eigenvalue weighted by atomic mass is 9.84. The highest BCUT2D eigenvalue weighted by atomic mass is 16.5. The van der Waals surface area contributed by atoms with Gasteiger partial charge < -0.3 is 15.4 Å². The van der Waals surface area contributed by atoms with Crippen LogP contribution in [-0.2, 0) is 17.7 Å². The Labute approximate surface area is 138 Å². The van der Waals surface area contributed by atoms with Crippen LogP contribution in [-0.4, -0.2) is 26.8 Å². The highest BCUT2D eigenvalue weighted by Gasteiger charge is 2.29. The van der Waals surface area contributed by atoms with E-state index in [0.29, 0.717) is 0 Å². The van der Waals surface area contributed by atoms with Gasteiger partial charge in [-0.2, -0.15) is 0 Å². The van der Waals surface area contributed by atoms with E-state index in [1.54, 1.807) is 23.8 Å². The van der Waals surface area contributed by atoms with Crippen LogP contribution in [0.4, 0.5) is 0 Å². The maximum atomic E-state index is 5.09. The second-order valence-corrected chi connectivity index (χ2v) is 6.83. The molecular weight excluding hydrogens is 284 g/mol. The van der Waals surface area contributed by atoms with Gasteiger partial charge in [-0.3, -0.25) is 0 Å². The van der Waals surface area contributed by atoms with Crippen molar-refractivity contribution >= 4 is 5.70 Å². The Hall–Kier alpha value is -1.58. The zero-order valence-corrected chi connectivity index (χ0v) is 14.0. The smallest absolute Gasteiger partial charge is 0.0587 e. The minimum atomic E-state index is 0.766. The van der Waals surface area contributed by atoms with Gasteiger partial charge in [0.25, 0.3) is 0 Å². The molecule has 0 bridgehead atoms. The van der Waals surface area contributed by atoms with Crippen LogP contribution in [0.25, 0.3) is 5.70 Å². The third-order valence-corrected chi connectivity index (χ3v) is 5.35. The van der Waals surface area contributed by atoms with Gasteiger partial charge in [0.15, 0.2) is 0 Å². The van der Waals surface area contributed by atoms with Crippen molar-refractivity contribution in [3.05, 3.63) is 51.6 Å². The second kappa shape index (κ2) is 6.50. The second-order valence-electron chi connectivity index (χ2n) is 6.83. The van der Waals surface area contributed by atoms with Gasteiger partial charge in [-0.25, -0.2) is 0 Å². The first-order chi connectivity index (χ1) is 11.4. The molecule has 0 aromatic heterocycles. The Bertz CT molecular complexity index is 672. The van der Waals surface area contributed by atoms with Crippen LogP contribution in [0.5, 0.6) is 0 Å². The predicted molar refractivity (Wildman–Crippen MR) is 94.1 cm³/mol. The van der Waals surface area contributed by atoms with Crippen molar-refractivity contribution in [1.29, 1.82) is 0 Å². The number of dihydropyridines is 1. The van der Waals surface area contributed by atoms with E-state index < -0.39 is 0 Å². The summed E-state index contributed by atoms with van der Waals surface area (Å²) in [6.45, 7) is 3.65. The summed E-state index contributed by atoms with van der Waals surface area (Å²) in [7, 11) is 1.74. The van der Waals surface area contributed by atoms with Crippen molar-refractivity contribution in [1.82, 2.24) is 10.6 Å².